The molecule has 1 aliphatic rings. The molecule has 7 heteroatoms. The van der Waals surface area contributed by atoms with Crippen molar-refractivity contribution in [2.24, 2.45) is 0 Å². The first-order valence-corrected chi connectivity index (χ1v) is 6.43. The van der Waals surface area contributed by atoms with Crippen molar-refractivity contribution in [1.82, 2.24) is 5.32 Å². The van der Waals surface area contributed by atoms with E-state index in [4.69, 9.17) is 0 Å². The number of hydrogen-bond donors (Lipinski definition) is 3. The topological polar surface area (TPSA) is 105 Å². The molecule has 21 heavy (non-hydrogen) atoms. The van der Waals surface area contributed by atoms with Crippen molar-refractivity contribution in [3.63, 3.8) is 0 Å². The highest BCUT2D eigenvalue weighted by Crippen LogP contribution is 2.48. The molecule has 1 aromatic carbocycles. The van der Waals surface area contributed by atoms with Gasteiger partial charge in [0.25, 0.3) is 0 Å². The third-order valence-corrected chi connectivity index (χ3v) is 3.48. The van der Waals surface area contributed by atoms with Crippen molar-refractivity contribution in [3.05, 3.63) is 29.8 Å². The monoisotopic (exact) mass is 292 g/mol. The Labute approximate surface area is 121 Å². The van der Waals surface area contributed by atoms with Crippen molar-refractivity contribution in [2.45, 2.75) is 18.3 Å². The van der Waals surface area contributed by atoms with Crippen LogP contribution in [0.25, 0.3) is 0 Å². The lowest BCUT2D eigenvalue weighted by Crippen LogP contribution is -2.33. The molecule has 0 bridgehead atoms. The predicted molar refractivity (Wildman–Crippen MR) is 74.0 cm³/mol. The van der Waals surface area contributed by atoms with E-state index in [1.807, 2.05) is 0 Å². The molecule has 0 aromatic heterocycles. The predicted octanol–water partition coefficient (Wildman–Crippen LogP) is 1.10. The van der Waals surface area contributed by atoms with Gasteiger partial charge in [0.05, 0.1) is 12.5 Å². The summed E-state index contributed by atoms with van der Waals surface area (Å²) in [6, 6.07) is 6.12. The molecular weight excluding hydrogens is 276 g/mol. The average Bonchev–Trinajstić information content (AvgIpc) is 3.27. The van der Waals surface area contributed by atoms with E-state index in [0.29, 0.717) is 18.5 Å². The summed E-state index contributed by atoms with van der Waals surface area (Å²) >= 11 is 0. The van der Waals surface area contributed by atoms with E-state index < -0.39 is 23.4 Å². The number of carboxylic acid groups (broad SMARTS) is 1. The van der Waals surface area contributed by atoms with Gasteiger partial charge < -0.3 is 20.5 Å². The molecule has 0 atom stereocenters. The smallest absolute Gasteiger partial charge is 0.325 e. The lowest BCUT2D eigenvalue weighted by Gasteiger charge is -2.11. The zero-order chi connectivity index (χ0) is 15.5. The molecule has 1 fully saturated rings. The van der Waals surface area contributed by atoms with Crippen molar-refractivity contribution in [3.8, 4) is 0 Å². The van der Waals surface area contributed by atoms with Gasteiger partial charge in [-0.1, -0.05) is 12.1 Å². The molecule has 112 valence electrons. The Hall–Kier alpha value is -2.57. The lowest BCUT2D eigenvalue weighted by molar-refractivity contribution is -0.140. The van der Waals surface area contributed by atoms with Crippen molar-refractivity contribution in [1.29, 1.82) is 0 Å². The van der Waals surface area contributed by atoms with E-state index in [2.05, 4.69) is 15.4 Å². The molecule has 2 rings (SSSR count). The van der Waals surface area contributed by atoms with Crippen LogP contribution >= 0.6 is 0 Å². The number of ether oxygens (including phenoxy) is 1. The third-order valence-electron chi connectivity index (χ3n) is 3.48. The molecule has 7 nitrogen and oxygen atoms in total. The maximum Gasteiger partial charge on any atom is 0.325 e. The number of esters is 1. The molecule has 2 amide bonds. The fourth-order valence-corrected chi connectivity index (χ4v) is 2.02. The zero-order valence-electron chi connectivity index (χ0n) is 11.5. The fourth-order valence-electron chi connectivity index (χ4n) is 2.02. The number of hydrogen-bond acceptors (Lipinski definition) is 4. The molecule has 1 aromatic rings. The minimum absolute atomic E-state index is 0.220. The Morgan fingerprint density at radius 2 is 1.86 bits per heavy atom. The van der Waals surface area contributed by atoms with Crippen LogP contribution < -0.4 is 10.6 Å². The van der Waals surface area contributed by atoms with Gasteiger partial charge in [-0.2, -0.15) is 0 Å². The molecule has 0 spiro atoms. The van der Waals surface area contributed by atoms with E-state index in [-0.39, 0.29) is 6.54 Å². The number of amides is 2. The number of benzene rings is 1. The van der Waals surface area contributed by atoms with Gasteiger partial charge in [0, 0.05) is 5.69 Å². The Morgan fingerprint density at radius 1 is 1.24 bits per heavy atom. The van der Waals surface area contributed by atoms with E-state index in [0.717, 1.165) is 5.56 Å². The van der Waals surface area contributed by atoms with Gasteiger partial charge in [0.1, 0.15) is 6.54 Å². The zero-order valence-corrected chi connectivity index (χ0v) is 11.5. The van der Waals surface area contributed by atoms with Gasteiger partial charge in [0.15, 0.2) is 0 Å². The van der Waals surface area contributed by atoms with Gasteiger partial charge in [0.2, 0.25) is 0 Å². The maximum absolute atomic E-state index is 11.5. The number of carbonyl (C=O) groups is 3. The highest BCUT2D eigenvalue weighted by atomic mass is 16.5. The lowest BCUT2D eigenvalue weighted by atomic mass is 9.96. The van der Waals surface area contributed by atoms with Gasteiger partial charge in [-0.3, -0.25) is 9.59 Å². The third kappa shape index (κ3) is 3.31. The quantitative estimate of drug-likeness (QED) is 0.705. The minimum Gasteiger partial charge on any atom is -0.481 e. The molecule has 0 saturated heterocycles. The van der Waals surface area contributed by atoms with Crippen LogP contribution in [0.4, 0.5) is 10.5 Å². The number of anilines is 1. The largest absolute Gasteiger partial charge is 0.481 e. The highest BCUT2D eigenvalue weighted by molar-refractivity contribution is 5.91. The van der Waals surface area contributed by atoms with Gasteiger partial charge in [-0.05, 0) is 30.5 Å². The SMILES string of the molecule is COC(=O)CNC(=O)Nc1ccc(C2(C(=O)O)CC2)cc1. The Morgan fingerprint density at radius 3 is 2.33 bits per heavy atom. The molecule has 0 unspecified atom stereocenters. The van der Waals surface area contributed by atoms with E-state index in [9.17, 15) is 19.5 Å². The number of methoxy groups -OCH3 is 1. The van der Waals surface area contributed by atoms with Crippen LogP contribution in [0.5, 0.6) is 0 Å². The highest BCUT2D eigenvalue weighted by Gasteiger charge is 2.51. The molecule has 3 N–H and O–H groups in total. The normalized spacial score (nSPS) is 14.9. The van der Waals surface area contributed by atoms with Crippen LogP contribution in [0.1, 0.15) is 18.4 Å². The molecule has 1 saturated carbocycles. The second-order valence-electron chi connectivity index (χ2n) is 4.85. The Balaban J connectivity index is 1.92. The van der Waals surface area contributed by atoms with Crippen LogP contribution in [0.15, 0.2) is 24.3 Å². The number of aliphatic carboxylic acids is 1. The number of rotatable bonds is 5. The van der Waals surface area contributed by atoms with E-state index in [1.54, 1.807) is 24.3 Å². The Kier molecular flexibility index (Phi) is 4.11. The van der Waals surface area contributed by atoms with Crippen molar-refractivity contribution >= 4 is 23.7 Å². The Bertz CT molecular complexity index is 563. The summed E-state index contributed by atoms with van der Waals surface area (Å²) in [5, 5.41) is 14.1. The van der Waals surface area contributed by atoms with Crippen molar-refractivity contribution < 1.29 is 24.2 Å². The number of urea groups is 1. The van der Waals surface area contributed by atoms with Crippen molar-refractivity contribution in [2.75, 3.05) is 19.0 Å². The summed E-state index contributed by atoms with van der Waals surface area (Å²) in [6.07, 6.45) is 1.27. The maximum atomic E-state index is 11.5. The summed E-state index contributed by atoms with van der Waals surface area (Å²) < 4.78 is 4.40. The van der Waals surface area contributed by atoms with Crippen LogP contribution in [0, 0.1) is 0 Å². The molecule has 0 heterocycles. The number of carbonyl (C=O) groups excluding carboxylic acids is 2. The summed E-state index contributed by atoms with van der Waals surface area (Å²) in [4.78, 5) is 33.6. The first-order valence-electron chi connectivity index (χ1n) is 6.43. The standard InChI is InChI=1S/C14H16N2O5/c1-21-11(17)8-15-13(20)16-10-4-2-9(3-5-10)14(6-7-14)12(18)19/h2-5H,6-8H2,1H3,(H,18,19)(H2,15,16,20). The molecule has 1 aliphatic carbocycles. The van der Waals surface area contributed by atoms with E-state index >= 15 is 0 Å². The van der Waals surface area contributed by atoms with Crippen LogP contribution in [0.2, 0.25) is 0 Å². The number of carboxylic acids is 1. The molecule has 0 aliphatic heterocycles. The fraction of sp³-hybridized carbons (Fsp3) is 0.357. The first-order chi connectivity index (χ1) is 9.98. The van der Waals surface area contributed by atoms with E-state index in [1.165, 1.54) is 7.11 Å². The summed E-state index contributed by atoms with van der Waals surface area (Å²) in [5.41, 5.74) is 0.490. The van der Waals surface area contributed by atoms with Crippen LogP contribution in [-0.4, -0.2) is 36.7 Å². The second-order valence-corrected chi connectivity index (χ2v) is 4.85. The minimum atomic E-state index is -0.820. The molecular formula is C14H16N2O5. The number of nitrogens with one attached hydrogen (secondary N) is 2. The molecule has 0 radical (unpaired) electrons. The summed E-state index contributed by atoms with van der Waals surface area (Å²) in [6.45, 7) is -0.220. The van der Waals surface area contributed by atoms with Crippen LogP contribution in [0.3, 0.4) is 0 Å². The summed E-state index contributed by atoms with van der Waals surface area (Å²) in [7, 11) is 1.23. The van der Waals surface area contributed by atoms with Gasteiger partial charge in [-0.25, -0.2) is 4.79 Å². The van der Waals surface area contributed by atoms with Gasteiger partial charge >= 0.3 is 18.0 Å². The average molecular weight is 292 g/mol. The first kappa shape index (κ1) is 14.8. The summed E-state index contributed by atoms with van der Waals surface area (Å²) in [5.74, 6) is -1.36. The van der Waals surface area contributed by atoms with Crippen LogP contribution in [-0.2, 0) is 19.7 Å². The van der Waals surface area contributed by atoms with Gasteiger partial charge in [-0.15, -0.1) is 0 Å². The second kappa shape index (κ2) is 5.82.